The first-order valence-electron chi connectivity index (χ1n) is 9.02. The van der Waals surface area contributed by atoms with Crippen molar-refractivity contribution in [3.63, 3.8) is 0 Å². The number of hydrogen-bond donors (Lipinski definition) is 1. The number of nitrogens with one attached hydrogen (secondary N) is 1. The largest absolute Gasteiger partial charge is 0.494 e. The van der Waals surface area contributed by atoms with Crippen molar-refractivity contribution in [2.75, 3.05) is 11.9 Å². The lowest BCUT2D eigenvalue weighted by molar-refractivity contribution is 0.309. The lowest BCUT2D eigenvalue weighted by atomic mass is 10.2. The van der Waals surface area contributed by atoms with Crippen LogP contribution in [0.5, 0.6) is 5.75 Å². The van der Waals surface area contributed by atoms with Gasteiger partial charge in [-0.3, -0.25) is 0 Å². The van der Waals surface area contributed by atoms with Crippen molar-refractivity contribution in [1.29, 1.82) is 0 Å². The van der Waals surface area contributed by atoms with E-state index in [1.54, 1.807) is 4.52 Å². The van der Waals surface area contributed by atoms with Gasteiger partial charge in [0.1, 0.15) is 5.75 Å². The van der Waals surface area contributed by atoms with Gasteiger partial charge in [0, 0.05) is 11.3 Å². The molecule has 2 aromatic heterocycles. The summed E-state index contributed by atoms with van der Waals surface area (Å²) in [7, 11) is 0. The molecule has 0 aliphatic rings. The quantitative estimate of drug-likeness (QED) is 0.454. The van der Waals surface area contributed by atoms with Crippen LogP contribution in [0.3, 0.4) is 0 Å². The van der Waals surface area contributed by atoms with Crippen LogP contribution in [0.25, 0.3) is 16.3 Å². The first-order valence-corrected chi connectivity index (χ1v) is 9.84. The number of rotatable bonds is 7. The first kappa shape index (κ1) is 17.5. The number of ether oxygens (including phenoxy) is 1. The van der Waals surface area contributed by atoms with Crippen molar-refractivity contribution >= 4 is 27.1 Å². The standard InChI is InChI=1S/C20H21N5OS/c1-3-4-13-26-17-11-7-15(8-12-17)18-22-23-20-25(18)24-19(27-20)21-16-9-5-14(2)6-10-16/h5-12H,3-4,13H2,1-2H3,(H,21,24). The second kappa shape index (κ2) is 7.75. The molecule has 0 aliphatic heterocycles. The zero-order valence-electron chi connectivity index (χ0n) is 15.3. The van der Waals surface area contributed by atoms with Gasteiger partial charge in [-0.2, -0.15) is 4.52 Å². The second-order valence-electron chi connectivity index (χ2n) is 6.34. The van der Waals surface area contributed by atoms with Crippen molar-refractivity contribution in [1.82, 2.24) is 19.8 Å². The number of fused-ring (bicyclic) bond motifs is 1. The molecule has 0 bridgehead atoms. The molecular formula is C20H21N5OS. The summed E-state index contributed by atoms with van der Waals surface area (Å²) in [6, 6.07) is 16.1. The average Bonchev–Trinajstić information content (AvgIpc) is 3.25. The molecule has 0 fully saturated rings. The van der Waals surface area contributed by atoms with Gasteiger partial charge in [-0.05, 0) is 49.7 Å². The van der Waals surface area contributed by atoms with Gasteiger partial charge < -0.3 is 10.1 Å². The van der Waals surface area contributed by atoms with Crippen LogP contribution in [0.1, 0.15) is 25.3 Å². The Morgan fingerprint density at radius 1 is 1.04 bits per heavy atom. The predicted molar refractivity (Wildman–Crippen MR) is 109 cm³/mol. The molecule has 0 amide bonds. The van der Waals surface area contributed by atoms with Crippen molar-refractivity contribution in [2.24, 2.45) is 0 Å². The summed E-state index contributed by atoms with van der Waals surface area (Å²) in [5.41, 5.74) is 3.18. The maximum absolute atomic E-state index is 5.72. The van der Waals surface area contributed by atoms with Crippen molar-refractivity contribution < 1.29 is 4.74 Å². The van der Waals surface area contributed by atoms with E-state index in [0.29, 0.717) is 0 Å². The number of aromatic nitrogens is 4. The Hall–Kier alpha value is -2.93. The van der Waals surface area contributed by atoms with Gasteiger partial charge in [-0.1, -0.05) is 42.4 Å². The zero-order chi connectivity index (χ0) is 18.6. The van der Waals surface area contributed by atoms with Gasteiger partial charge in [0.15, 0.2) is 5.82 Å². The first-order chi connectivity index (χ1) is 13.2. The number of aryl methyl sites for hydroxylation is 1. The molecule has 1 N–H and O–H groups in total. The Morgan fingerprint density at radius 3 is 2.56 bits per heavy atom. The second-order valence-corrected chi connectivity index (χ2v) is 7.30. The fraction of sp³-hybridized carbons (Fsp3) is 0.250. The Balaban J connectivity index is 1.54. The molecule has 0 aliphatic carbocycles. The molecule has 2 aromatic carbocycles. The molecule has 6 nitrogen and oxygen atoms in total. The highest BCUT2D eigenvalue weighted by Gasteiger charge is 2.13. The molecule has 138 valence electrons. The Labute approximate surface area is 161 Å². The number of benzene rings is 2. The van der Waals surface area contributed by atoms with Gasteiger partial charge in [-0.25, -0.2) is 0 Å². The monoisotopic (exact) mass is 379 g/mol. The molecule has 0 saturated heterocycles. The van der Waals surface area contributed by atoms with E-state index in [1.165, 1.54) is 16.9 Å². The molecule has 2 heterocycles. The summed E-state index contributed by atoms with van der Waals surface area (Å²) in [6.07, 6.45) is 2.18. The predicted octanol–water partition coefficient (Wildman–Crippen LogP) is 5.08. The fourth-order valence-corrected chi connectivity index (χ4v) is 3.40. The van der Waals surface area contributed by atoms with Crippen LogP contribution in [-0.4, -0.2) is 26.4 Å². The van der Waals surface area contributed by atoms with Gasteiger partial charge in [-0.15, -0.1) is 15.3 Å². The summed E-state index contributed by atoms with van der Waals surface area (Å²) in [5, 5.41) is 17.3. The number of unbranched alkanes of at least 4 members (excludes halogenated alkanes) is 1. The topological polar surface area (TPSA) is 64.3 Å². The fourth-order valence-electron chi connectivity index (χ4n) is 2.64. The third-order valence-corrected chi connectivity index (χ3v) is 4.99. The zero-order valence-corrected chi connectivity index (χ0v) is 16.2. The van der Waals surface area contributed by atoms with Crippen molar-refractivity contribution in [3.8, 4) is 17.1 Å². The molecule has 4 rings (SSSR count). The van der Waals surface area contributed by atoms with E-state index >= 15 is 0 Å². The molecule has 0 saturated carbocycles. The minimum Gasteiger partial charge on any atom is -0.494 e. The number of nitrogens with zero attached hydrogens (tertiary/aromatic N) is 4. The minimum atomic E-state index is 0.721. The minimum absolute atomic E-state index is 0.721. The molecule has 0 radical (unpaired) electrons. The summed E-state index contributed by atoms with van der Waals surface area (Å²) in [6.45, 7) is 4.96. The van der Waals surface area contributed by atoms with Gasteiger partial charge in [0.2, 0.25) is 10.1 Å². The van der Waals surface area contributed by atoms with E-state index in [9.17, 15) is 0 Å². The van der Waals surface area contributed by atoms with Crippen LogP contribution < -0.4 is 10.1 Å². The molecule has 27 heavy (non-hydrogen) atoms. The Bertz CT molecular complexity index is 1020. The molecule has 4 aromatic rings. The summed E-state index contributed by atoms with van der Waals surface area (Å²) < 4.78 is 7.49. The van der Waals surface area contributed by atoms with Crippen LogP contribution in [0.4, 0.5) is 10.8 Å². The smallest absolute Gasteiger partial charge is 0.236 e. The Kier molecular flexibility index (Phi) is 5.02. The highest BCUT2D eigenvalue weighted by molar-refractivity contribution is 7.20. The molecule has 0 unspecified atom stereocenters. The molecule has 7 heteroatoms. The van der Waals surface area contributed by atoms with Crippen LogP contribution in [0, 0.1) is 6.92 Å². The summed E-state index contributed by atoms with van der Waals surface area (Å²) in [4.78, 5) is 0.753. The average molecular weight is 379 g/mol. The van der Waals surface area contributed by atoms with Gasteiger partial charge in [0.05, 0.1) is 6.61 Å². The molecule has 0 atom stereocenters. The highest BCUT2D eigenvalue weighted by Crippen LogP contribution is 2.27. The van der Waals surface area contributed by atoms with Gasteiger partial charge >= 0.3 is 0 Å². The van der Waals surface area contributed by atoms with E-state index in [0.717, 1.165) is 52.4 Å². The van der Waals surface area contributed by atoms with E-state index in [2.05, 4.69) is 46.6 Å². The maximum atomic E-state index is 5.72. The number of anilines is 2. The third kappa shape index (κ3) is 3.93. The van der Waals surface area contributed by atoms with Crippen molar-refractivity contribution in [3.05, 3.63) is 54.1 Å². The summed E-state index contributed by atoms with van der Waals surface area (Å²) >= 11 is 1.47. The van der Waals surface area contributed by atoms with E-state index < -0.39 is 0 Å². The number of hydrogen-bond acceptors (Lipinski definition) is 6. The molecule has 0 spiro atoms. The normalized spacial score (nSPS) is 11.0. The lowest BCUT2D eigenvalue weighted by Gasteiger charge is -2.05. The maximum Gasteiger partial charge on any atom is 0.236 e. The summed E-state index contributed by atoms with van der Waals surface area (Å²) in [5.74, 6) is 1.59. The van der Waals surface area contributed by atoms with Crippen LogP contribution in [0.15, 0.2) is 48.5 Å². The van der Waals surface area contributed by atoms with Gasteiger partial charge in [0.25, 0.3) is 0 Å². The van der Waals surface area contributed by atoms with E-state index in [1.807, 2.05) is 36.4 Å². The van der Waals surface area contributed by atoms with Crippen molar-refractivity contribution in [2.45, 2.75) is 26.7 Å². The molecular weight excluding hydrogens is 358 g/mol. The van der Waals surface area contributed by atoms with Crippen LogP contribution >= 0.6 is 11.3 Å². The highest BCUT2D eigenvalue weighted by atomic mass is 32.1. The van der Waals surface area contributed by atoms with Crippen LogP contribution in [-0.2, 0) is 0 Å². The van der Waals surface area contributed by atoms with E-state index in [4.69, 9.17) is 4.74 Å². The third-order valence-electron chi connectivity index (χ3n) is 4.17. The SMILES string of the molecule is CCCCOc1ccc(-c2nnc3sc(Nc4ccc(C)cc4)nn23)cc1. The van der Waals surface area contributed by atoms with E-state index in [-0.39, 0.29) is 0 Å². The lowest BCUT2D eigenvalue weighted by Crippen LogP contribution is -1.97. The Morgan fingerprint density at radius 2 is 1.81 bits per heavy atom. The van der Waals surface area contributed by atoms with Crippen LogP contribution in [0.2, 0.25) is 0 Å².